The van der Waals surface area contributed by atoms with E-state index in [1.165, 1.54) is 0 Å². The Kier molecular flexibility index (Phi) is 8.38. The maximum atomic E-state index is 12.9. The number of hydrogen-bond donors (Lipinski definition) is 1. The first-order chi connectivity index (χ1) is 12.3. The molecule has 1 aromatic carbocycles. The van der Waals surface area contributed by atoms with Crippen LogP contribution < -0.4 is 0 Å². The van der Waals surface area contributed by atoms with Gasteiger partial charge >= 0.3 is 5.97 Å². The molecule has 1 rings (SSSR count). The Balaban J connectivity index is 3.41. The number of carboxylic acids is 1. The van der Waals surface area contributed by atoms with Crippen LogP contribution in [0.4, 0.5) is 5.69 Å². The maximum Gasteiger partial charge on any atom is 0.305 e. The highest BCUT2D eigenvalue weighted by molar-refractivity contribution is 6.03. The first-order valence-corrected chi connectivity index (χ1v) is 9.01. The predicted molar refractivity (Wildman–Crippen MR) is 97.8 cm³/mol. The lowest BCUT2D eigenvalue weighted by Crippen LogP contribution is -2.26. The topological polar surface area (TPSA) is 107 Å². The number of nitro groups is 1. The third-order valence-electron chi connectivity index (χ3n) is 4.45. The fourth-order valence-electron chi connectivity index (χ4n) is 3.20. The summed E-state index contributed by atoms with van der Waals surface area (Å²) in [5, 5.41) is 20.4. The molecule has 7 heteroatoms. The van der Waals surface area contributed by atoms with Gasteiger partial charge in [0.1, 0.15) is 6.10 Å². The fourth-order valence-corrected chi connectivity index (χ4v) is 3.20. The molecule has 0 fully saturated rings. The lowest BCUT2D eigenvalue weighted by Gasteiger charge is -2.19. The van der Waals surface area contributed by atoms with Gasteiger partial charge in [0.2, 0.25) is 0 Å². The van der Waals surface area contributed by atoms with Gasteiger partial charge in [-0.15, -0.1) is 0 Å². The number of rotatable bonds is 11. The minimum absolute atomic E-state index is 0.0584. The molecule has 0 saturated heterocycles. The number of carbonyl (C=O) groups excluding carboxylic acids is 1. The van der Waals surface area contributed by atoms with Crippen molar-refractivity contribution in [3.63, 3.8) is 0 Å². The summed E-state index contributed by atoms with van der Waals surface area (Å²) in [6.45, 7) is 7.37. The van der Waals surface area contributed by atoms with E-state index in [0.29, 0.717) is 31.2 Å². The Morgan fingerprint density at radius 3 is 2.19 bits per heavy atom. The van der Waals surface area contributed by atoms with Crippen molar-refractivity contribution in [2.75, 3.05) is 6.61 Å². The average molecular weight is 365 g/mol. The number of Topliss-reactive ketones (excluding diaryl/α,β-unsaturated/α-hetero) is 1. The van der Waals surface area contributed by atoms with Crippen LogP contribution >= 0.6 is 0 Å². The van der Waals surface area contributed by atoms with Gasteiger partial charge in [0.05, 0.1) is 23.5 Å². The highest BCUT2D eigenvalue weighted by Gasteiger charge is 2.31. The Morgan fingerprint density at radius 1 is 1.15 bits per heavy atom. The Bertz CT molecular complexity index is 683. The van der Waals surface area contributed by atoms with E-state index in [1.807, 2.05) is 20.8 Å². The van der Waals surface area contributed by atoms with E-state index in [1.54, 1.807) is 13.0 Å². The summed E-state index contributed by atoms with van der Waals surface area (Å²) in [5.41, 5.74) is 2.37. The van der Waals surface area contributed by atoms with Crippen molar-refractivity contribution in [1.82, 2.24) is 0 Å². The fraction of sp³-hybridized carbons (Fsp3) is 0.579. The second kappa shape index (κ2) is 10.0. The second-order valence-corrected chi connectivity index (χ2v) is 5.98. The van der Waals surface area contributed by atoms with Gasteiger partial charge < -0.3 is 9.84 Å². The molecule has 0 amide bonds. The molecular formula is C19H27NO6. The Labute approximate surface area is 153 Å². The smallest absolute Gasteiger partial charge is 0.305 e. The summed E-state index contributed by atoms with van der Waals surface area (Å²) in [4.78, 5) is 34.8. The SMILES string of the molecule is CCc1cc(C(=O)C(CC)OCCC(=O)O)c([N+](=O)[O-])c(CC)c1CC. The van der Waals surface area contributed by atoms with E-state index in [-0.39, 0.29) is 24.3 Å². The molecule has 1 unspecified atom stereocenters. The number of nitrogens with zero attached hydrogens (tertiary/aromatic N) is 1. The average Bonchev–Trinajstić information content (AvgIpc) is 2.62. The number of nitro benzene ring substituents is 1. The van der Waals surface area contributed by atoms with Gasteiger partial charge in [0.15, 0.2) is 5.78 Å². The summed E-state index contributed by atoms with van der Waals surface area (Å²) in [6, 6.07) is 1.61. The molecule has 0 aromatic heterocycles. The molecule has 0 heterocycles. The van der Waals surface area contributed by atoms with E-state index in [2.05, 4.69) is 0 Å². The largest absolute Gasteiger partial charge is 0.481 e. The highest BCUT2D eigenvalue weighted by atomic mass is 16.6. The van der Waals surface area contributed by atoms with Gasteiger partial charge in [0.25, 0.3) is 5.69 Å². The van der Waals surface area contributed by atoms with Gasteiger partial charge in [-0.2, -0.15) is 0 Å². The van der Waals surface area contributed by atoms with Crippen molar-refractivity contribution >= 4 is 17.4 Å². The van der Waals surface area contributed by atoms with Crippen LogP contribution in [0.25, 0.3) is 0 Å². The van der Waals surface area contributed by atoms with E-state index in [9.17, 15) is 19.7 Å². The molecule has 1 N–H and O–H groups in total. The van der Waals surface area contributed by atoms with Crippen LogP contribution in [0.5, 0.6) is 0 Å². The van der Waals surface area contributed by atoms with Crippen LogP contribution in [0.15, 0.2) is 6.07 Å². The van der Waals surface area contributed by atoms with Gasteiger partial charge in [-0.05, 0) is 42.9 Å². The Morgan fingerprint density at radius 2 is 1.77 bits per heavy atom. The van der Waals surface area contributed by atoms with Crippen LogP contribution in [0.3, 0.4) is 0 Å². The van der Waals surface area contributed by atoms with Crippen molar-refractivity contribution < 1.29 is 24.4 Å². The number of aliphatic carboxylic acids is 1. The lowest BCUT2D eigenvalue weighted by atomic mass is 9.88. The summed E-state index contributed by atoms with van der Waals surface area (Å²) >= 11 is 0. The van der Waals surface area contributed by atoms with E-state index in [0.717, 1.165) is 11.1 Å². The van der Waals surface area contributed by atoms with Crippen molar-refractivity contribution in [2.45, 2.75) is 65.9 Å². The minimum atomic E-state index is -1.02. The number of benzene rings is 1. The molecule has 0 bridgehead atoms. The summed E-state index contributed by atoms with van der Waals surface area (Å²) in [5.74, 6) is -1.48. The number of ether oxygens (including phenoxy) is 1. The number of carboxylic acid groups (broad SMARTS) is 1. The third-order valence-corrected chi connectivity index (χ3v) is 4.45. The van der Waals surface area contributed by atoms with Crippen molar-refractivity contribution in [2.24, 2.45) is 0 Å². The molecule has 1 aromatic rings. The van der Waals surface area contributed by atoms with Crippen molar-refractivity contribution in [3.05, 3.63) is 38.4 Å². The predicted octanol–water partition coefficient (Wildman–Crippen LogP) is 3.73. The van der Waals surface area contributed by atoms with Crippen LogP contribution in [-0.4, -0.2) is 34.5 Å². The zero-order chi connectivity index (χ0) is 19.9. The Hall–Kier alpha value is -2.28. The third kappa shape index (κ3) is 4.88. The number of hydrogen-bond acceptors (Lipinski definition) is 5. The van der Waals surface area contributed by atoms with Crippen LogP contribution in [0.1, 0.15) is 67.6 Å². The highest BCUT2D eigenvalue weighted by Crippen LogP contribution is 2.33. The standard InChI is InChI=1S/C19H27NO6/c1-5-12-11-15(18(20(24)25)14(7-3)13(12)6-2)19(23)16(8-4)26-10-9-17(21)22/h11,16H,5-10H2,1-4H3,(H,21,22). The van der Waals surface area contributed by atoms with Crippen LogP contribution in [0.2, 0.25) is 0 Å². The summed E-state index contributed by atoms with van der Waals surface area (Å²) in [6.07, 6.45) is 0.994. The molecule has 0 aliphatic rings. The van der Waals surface area contributed by atoms with Crippen molar-refractivity contribution in [3.8, 4) is 0 Å². The van der Waals surface area contributed by atoms with E-state index >= 15 is 0 Å². The van der Waals surface area contributed by atoms with Gasteiger partial charge in [-0.3, -0.25) is 19.7 Å². The number of aryl methyl sites for hydroxylation is 1. The van der Waals surface area contributed by atoms with Crippen LogP contribution in [0, 0.1) is 10.1 Å². The second-order valence-electron chi connectivity index (χ2n) is 5.98. The first-order valence-electron chi connectivity index (χ1n) is 9.01. The van der Waals surface area contributed by atoms with Crippen molar-refractivity contribution in [1.29, 1.82) is 0 Å². The molecule has 0 spiro atoms. The summed E-state index contributed by atoms with van der Waals surface area (Å²) in [7, 11) is 0. The quantitative estimate of drug-likeness (QED) is 0.364. The normalized spacial score (nSPS) is 12.0. The maximum absolute atomic E-state index is 12.9. The zero-order valence-corrected chi connectivity index (χ0v) is 15.8. The van der Waals surface area contributed by atoms with Gasteiger partial charge in [-0.25, -0.2) is 0 Å². The lowest BCUT2D eigenvalue weighted by molar-refractivity contribution is -0.385. The molecular weight excluding hydrogens is 338 g/mol. The molecule has 1 atom stereocenters. The van der Waals surface area contributed by atoms with E-state index < -0.39 is 22.8 Å². The van der Waals surface area contributed by atoms with Crippen LogP contribution in [-0.2, 0) is 28.8 Å². The molecule has 0 aliphatic carbocycles. The van der Waals surface area contributed by atoms with Gasteiger partial charge in [-0.1, -0.05) is 27.7 Å². The zero-order valence-electron chi connectivity index (χ0n) is 15.8. The number of carbonyl (C=O) groups is 2. The molecule has 7 nitrogen and oxygen atoms in total. The first kappa shape index (κ1) is 21.8. The van der Waals surface area contributed by atoms with E-state index in [4.69, 9.17) is 9.84 Å². The summed E-state index contributed by atoms with van der Waals surface area (Å²) < 4.78 is 5.40. The molecule has 144 valence electrons. The molecule has 0 saturated carbocycles. The van der Waals surface area contributed by atoms with Gasteiger partial charge in [0, 0.05) is 5.56 Å². The monoisotopic (exact) mass is 365 g/mol. The number of ketones is 1. The molecule has 0 aliphatic heterocycles. The minimum Gasteiger partial charge on any atom is -0.481 e. The molecule has 26 heavy (non-hydrogen) atoms. The molecule has 0 radical (unpaired) electrons.